The summed E-state index contributed by atoms with van der Waals surface area (Å²) in [5, 5.41) is 3.34. The first-order chi connectivity index (χ1) is 60.8. The molecule has 0 unspecified atom stereocenters. The SMILES string of the molecule is FC(F)(F)c1ccc2c(c1)N(CCCN1CCNCC1)c1ccccc1S2.NC(=O)CN1CCN(CCCN2c3ccccc3S(=O)c3ccccc32)CC1.NC(=O)CN1CCN(CCCN2c3ccccc3Sc3ccc(C(F)(F)F)cc32)CC1.O=C1c2ccccc2C(=O)N1CCN1CCN(CCCN2c3ccccc3Sc3ccc(C(F)(F)F)cc32)CC1. The Balaban J connectivity index is 0.000000131. The summed E-state index contributed by atoms with van der Waals surface area (Å²) >= 11 is 4.56. The number of amides is 4. The normalized spacial score (nSPS) is 17.6. The van der Waals surface area contributed by atoms with Gasteiger partial charge in [-0.05, 0) is 179 Å². The van der Waals surface area contributed by atoms with Crippen molar-refractivity contribution in [3.63, 3.8) is 0 Å². The fourth-order valence-electron chi connectivity index (χ4n) is 17.4. The number of alkyl halides is 9. The van der Waals surface area contributed by atoms with Crippen LogP contribution in [0.3, 0.4) is 0 Å². The molecule has 4 saturated heterocycles. The molecule has 5 N–H and O–H groups in total. The summed E-state index contributed by atoms with van der Waals surface area (Å²) in [7, 11) is -1.13. The van der Waals surface area contributed by atoms with Crippen LogP contribution in [-0.4, -0.2) is 250 Å². The number of nitrogens with two attached hydrogens (primary N) is 2. The van der Waals surface area contributed by atoms with E-state index in [2.05, 4.69) is 56.6 Å². The van der Waals surface area contributed by atoms with Gasteiger partial charge in [0.15, 0.2) is 0 Å². The number of imide groups is 1. The lowest BCUT2D eigenvalue weighted by atomic mass is 10.1. The molecule has 4 amide bonds. The molecule has 9 aromatic rings. The molecule has 9 aliphatic rings. The van der Waals surface area contributed by atoms with Gasteiger partial charge in [0.1, 0.15) is 0 Å². The molecule has 0 bridgehead atoms. The maximum absolute atomic E-state index is 13.5. The third-order valence-electron chi connectivity index (χ3n) is 23.9. The lowest BCUT2D eigenvalue weighted by Crippen LogP contribution is -2.49. The predicted octanol–water partition coefficient (Wildman–Crippen LogP) is 15.8. The summed E-state index contributed by atoms with van der Waals surface area (Å²) in [6.45, 7) is 22.6. The average molecular weight is 1810 g/mol. The van der Waals surface area contributed by atoms with E-state index in [1.165, 1.54) is 64.5 Å². The number of primary amides is 2. The number of para-hydroxylation sites is 5. The van der Waals surface area contributed by atoms with Gasteiger partial charge in [-0.1, -0.05) is 108 Å². The second kappa shape index (κ2) is 41.3. The Labute approximate surface area is 743 Å². The Kier molecular flexibility index (Phi) is 29.9. The van der Waals surface area contributed by atoms with Gasteiger partial charge in [-0.15, -0.1) is 0 Å². The van der Waals surface area contributed by atoms with Crippen LogP contribution in [-0.2, 0) is 38.9 Å². The van der Waals surface area contributed by atoms with Gasteiger partial charge >= 0.3 is 18.5 Å². The number of halogens is 9. The summed E-state index contributed by atoms with van der Waals surface area (Å²) in [5.74, 6) is -1.01. The maximum atomic E-state index is 13.5. The minimum Gasteiger partial charge on any atom is -0.369 e. The molecule has 0 saturated carbocycles. The fourth-order valence-corrected chi connectivity index (χ4v) is 22.0. The van der Waals surface area contributed by atoms with Crippen LogP contribution >= 0.6 is 35.3 Å². The highest BCUT2D eigenvalue weighted by Crippen LogP contribution is 2.53. The molecule has 20 nitrogen and oxygen atoms in total. The van der Waals surface area contributed by atoms with Crippen LogP contribution in [0.25, 0.3) is 0 Å². The van der Waals surface area contributed by atoms with Gasteiger partial charge in [0.2, 0.25) is 11.8 Å². The van der Waals surface area contributed by atoms with Crippen LogP contribution < -0.4 is 36.4 Å². The van der Waals surface area contributed by atoms with Crippen molar-refractivity contribution in [2.24, 2.45) is 11.5 Å². The second-order valence-corrected chi connectivity index (χ2v) is 36.9. The minimum atomic E-state index is -4.39. The molecule has 0 atom stereocenters. The van der Waals surface area contributed by atoms with Crippen molar-refractivity contribution in [2.75, 3.05) is 203 Å². The van der Waals surface area contributed by atoms with Crippen LogP contribution in [0.2, 0.25) is 0 Å². The number of benzene rings is 9. The Morgan fingerprint density at radius 3 is 0.905 bits per heavy atom. The molecular weight excluding hydrogens is 1710 g/mol. The van der Waals surface area contributed by atoms with Crippen molar-refractivity contribution in [1.29, 1.82) is 0 Å². The zero-order chi connectivity index (χ0) is 88.2. The van der Waals surface area contributed by atoms with E-state index >= 15 is 0 Å². The number of hydrogen-bond donors (Lipinski definition) is 3. The average Bonchev–Trinajstić information content (AvgIpc) is 1.17. The van der Waals surface area contributed by atoms with Crippen LogP contribution in [0.1, 0.15) is 63.1 Å². The van der Waals surface area contributed by atoms with Gasteiger partial charge in [0.25, 0.3) is 11.8 Å². The minimum absolute atomic E-state index is 0.221. The number of nitrogens with one attached hydrogen (secondary N) is 1. The summed E-state index contributed by atoms with van der Waals surface area (Å²) in [6, 6.07) is 58.6. The molecule has 33 heteroatoms. The van der Waals surface area contributed by atoms with Crippen molar-refractivity contribution in [3.8, 4) is 0 Å². The lowest BCUT2D eigenvalue weighted by molar-refractivity contribution is -0.138. The van der Waals surface area contributed by atoms with Crippen molar-refractivity contribution in [2.45, 2.75) is 83.4 Å². The topological polar surface area (TPSA) is 188 Å². The first-order valence-corrected chi connectivity index (χ1v) is 46.3. The zero-order valence-corrected chi connectivity index (χ0v) is 73.0. The zero-order valence-electron chi connectivity index (χ0n) is 69.8. The van der Waals surface area contributed by atoms with Crippen LogP contribution in [0.4, 0.5) is 85.0 Å². The monoisotopic (exact) mass is 1810 g/mol. The predicted molar refractivity (Wildman–Crippen MR) is 478 cm³/mol. The van der Waals surface area contributed by atoms with E-state index in [9.17, 15) is 62.9 Å². The van der Waals surface area contributed by atoms with Crippen molar-refractivity contribution >= 4 is 115 Å². The van der Waals surface area contributed by atoms with Crippen LogP contribution in [0.15, 0.2) is 239 Å². The van der Waals surface area contributed by atoms with Gasteiger partial charge in [0.05, 0.1) is 107 Å². The smallest absolute Gasteiger partial charge is 0.369 e. The van der Waals surface area contributed by atoms with Crippen LogP contribution in [0.5, 0.6) is 0 Å². The largest absolute Gasteiger partial charge is 0.416 e. The van der Waals surface area contributed by atoms with Crippen molar-refractivity contribution in [1.82, 2.24) is 44.5 Å². The molecule has 9 aromatic carbocycles. The molecule has 9 heterocycles. The number of rotatable bonds is 23. The third kappa shape index (κ3) is 22.4. The molecule has 0 aliphatic carbocycles. The van der Waals surface area contributed by atoms with E-state index in [1.807, 2.05) is 124 Å². The Bertz CT molecular complexity index is 5270. The van der Waals surface area contributed by atoms with Crippen LogP contribution in [0, 0.1) is 0 Å². The van der Waals surface area contributed by atoms with Gasteiger partial charge in [0, 0.05) is 173 Å². The first kappa shape index (κ1) is 91.3. The van der Waals surface area contributed by atoms with Crippen molar-refractivity contribution in [3.05, 3.63) is 228 Å². The third-order valence-corrected chi connectivity index (χ3v) is 28.8. The molecule has 666 valence electrons. The van der Waals surface area contributed by atoms with E-state index in [0.29, 0.717) is 67.5 Å². The standard InChI is InChI=1S/C30H29F3N4O2S.C22H25F3N4OS.C21H26N4O2S.C20H22F3N3S/c31-30(32,33)21-10-11-27-25(20-21)36(24-8-3-4-9-26(24)40-27)13-5-12-34-14-16-35(17-15-34)18-19-37-28(38)22-6-1-2-7-23(22)29(37)39;23-22(24,25)16-6-7-20-18(14-16)29(17-4-1-2-5-19(17)31-20)9-3-8-27-10-12-28(13-11-27)15-21(26)30;22-21(26)16-24-14-12-23(13-15-24)10-5-11-25-17-6-1-3-8-19(17)28(27)20-9-4-2-7-18(20)25;21-20(22,23)15-6-7-19-17(14-15)26(16-4-1-2-5-18(16)27-19)11-3-10-25-12-8-24-9-13-25/h1-4,6-11,20H,5,12-19H2;1-2,4-7,14H,3,8-13,15H2,(H2,26,30);1-4,6-9H,5,10-16H2,(H2,22,26);1-2,4-7,14,24H,3,8-13H2. The van der Waals surface area contributed by atoms with Gasteiger partial charge in [-0.3, -0.25) is 38.8 Å². The number of carbonyl (C=O) groups excluding carboxylic acids is 4. The summed E-state index contributed by atoms with van der Waals surface area (Å²) in [5.41, 5.74) is 16.5. The Morgan fingerprint density at radius 2 is 0.579 bits per heavy atom. The first-order valence-electron chi connectivity index (χ1n) is 42.7. The number of nitrogens with zero attached hydrogens (tertiary/aromatic N) is 12. The van der Waals surface area contributed by atoms with E-state index in [1.54, 1.807) is 42.5 Å². The molecule has 0 aromatic heterocycles. The van der Waals surface area contributed by atoms with E-state index in [0.717, 1.165) is 243 Å². The Morgan fingerprint density at radius 1 is 0.310 bits per heavy atom. The fraction of sp³-hybridized carbons (Fsp3) is 0.376. The number of hydrogen-bond acceptors (Lipinski definition) is 20. The highest BCUT2D eigenvalue weighted by Gasteiger charge is 2.40. The van der Waals surface area contributed by atoms with E-state index < -0.39 is 46.0 Å². The molecule has 18 rings (SSSR count). The van der Waals surface area contributed by atoms with Gasteiger partial charge < -0.3 is 56.0 Å². The maximum Gasteiger partial charge on any atom is 0.416 e. The molecule has 0 radical (unpaired) electrons. The number of fused-ring (bicyclic) bond motifs is 9. The molecule has 4 fully saturated rings. The van der Waals surface area contributed by atoms with Gasteiger partial charge in [-0.25, -0.2) is 4.21 Å². The Hall–Kier alpha value is -9.49. The van der Waals surface area contributed by atoms with Crippen molar-refractivity contribution < 1.29 is 62.9 Å². The number of carbonyl (C=O) groups is 4. The number of piperazine rings is 4. The molecule has 0 spiro atoms. The lowest BCUT2D eigenvalue weighted by Gasteiger charge is -2.36. The molecule has 9 aliphatic heterocycles. The summed E-state index contributed by atoms with van der Waals surface area (Å²) in [4.78, 5) is 80.6. The summed E-state index contributed by atoms with van der Waals surface area (Å²) < 4.78 is 133. The highest BCUT2D eigenvalue weighted by atomic mass is 32.2. The quantitative estimate of drug-likeness (QED) is 0.0405. The van der Waals surface area contributed by atoms with E-state index in [-0.39, 0.29) is 30.2 Å². The van der Waals surface area contributed by atoms with E-state index in [4.69, 9.17) is 11.5 Å². The highest BCUT2D eigenvalue weighted by molar-refractivity contribution is 8.00. The second-order valence-electron chi connectivity index (χ2n) is 32.2. The van der Waals surface area contributed by atoms with Gasteiger partial charge in [-0.2, -0.15) is 39.5 Å². The molecule has 126 heavy (non-hydrogen) atoms. The number of anilines is 8. The molecular formula is C93H102F9N15O5S4. The summed E-state index contributed by atoms with van der Waals surface area (Å²) in [6.07, 6.45) is -9.52.